The quantitative estimate of drug-likeness (QED) is 0.842. The first-order valence-electron chi connectivity index (χ1n) is 7.22. The van der Waals surface area contributed by atoms with E-state index in [9.17, 15) is 9.59 Å². The van der Waals surface area contributed by atoms with E-state index in [1.165, 1.54) is 16.2 Å². The van der Waals surface area contributed by atoms with E-state index >= 15 is 0 Å². The molecule has 0 aliphatic heterocycles. The van der Waals surface area contributed by atoms with Crippen molar-refractivity contribution in [3.8, 4) is 0 Å². The lowest BCUT2D eigenvalue weighted by Crippen LogP contribution is -2.28. The van der Waals surface area contributed by atoms with Crippen molar-refractivity contribution in [3.63, 3.8) is 0 Å². The van der Waals surface area contributed by atoms with Gasteiger partial charge in [-0.15, -0.1) is 0 Å². The van der Waals surface area contributed by atoms with Gasteiger partial charge in [0.1, 0.15) is 0 Å². The highest BCUT2D eigenvalue weighted by Gasteiger charge is 2.07. The molecule has 0 atom stereocenters. The number of nitrogens with one attached hydrogen (secondary N) is 1. The molecule has 0 fully saturated rings. The van der Waals surface area contributed by atoms with Crippen LogP contribution in [0.3, 0.4) is 0 Å². The molecular weight excluding hydrogens is 280 g/mol. The highest BCUT2D eigenvalue weighted by atomic mass is 16.5. The normalized spacial score (nSPS) is 10.4. The molecule has 0 aliphatic carbocycles. The summed E-state index contributed by atoms with van der Waals surface area (Å²) in [5, 5.41) is 2.86. The maximum absolute atomic E-state index is 12.1. The van der Waals surface area contributed by atoms with Crippen molar-refractivity contribution >= 4 is 5.91 Å². The van der Waals surface area contributed by atoms with Gasteiger partial charge in [0.25, 0.3) is 11.5 Å². The molecule has 1 N–H and O–H groups in total. The minimum atomic E-state index is -0.179. The first kappa shape index (κ1) is 16.0. The fourth-order valence-electron chi connectivity index (χ4n) is 2.10. The number of aromatic nitrogens is 1. The number of carbonyl (C=O) groups is 1. The van der Waals surface area contributed by atoms with Gasteiger partial charge in [0.15, 0.2) is 0 Å². The van der Waals surface area contributed by atoms with Crippen molar-refractivity contribution in [1.29, 1.82) is 0 Å². The summed E-state index contributed by atoms with van der Waals surface area (Å²) in [7, 11) is 1.57. The van der Waals surface area contributed by atoms with Crippen LogP contribution in [0, 0.1) is 0 Å². The first-order chi connectivity index (χ1) is 10.7. The van der Waals surface area contributed by atoms with Gasteiger partial charge >= 0.3 is 0 Å². The highest BCUT2D eigenvalue weighted by molar-refractivity contribution is 5.93. The van der Waals surface area contributed by atoms with Crippen molar-refractivity contribution in [2.24, 2.45) is 0 Å². The first-order valence-corrected chi connectivity index (χ1v) is 7.22. The zero-order chi connectivity index (χ0) is 15.8. The van der Waals surface area contributed by atoms with E-state index < -0.39 is 0 Å². The molecule has 0 saturated carbocycles. The van der Waals surface area contributed by atoms with Crippen molar-refractivity contribution < 1.29 is 9.53 Å². The summed E-state index contributed by atoms with van der Waals surface area (Å²) in [6, 6.07) is 12.9. The third-order valence-corrected chi connectivity index (χ3v) is 3.32. The lowest BCUT2D eigenvalue weighted by molar-refractivity contribution is 0.0953. The van der Waals surface area contributed by atoms with Crippen LogP contribution >= 0.6 is 0 Å². The van der Waals surface area contributed by atoms with Gasteiger partial charge in [0, 0.05) is 32.5 Å². The summed E-state index contributed by atoms with van der Waals surface area (Å²) >= 11 is 0. The number of rotatable bonds is 7. The van der Waals surface area contributed by atoms with Crippen LogP contribution in [0.15, 0.2) is 53.5 Å². The Kier molecular flexibility index (Phi) is 5.91. The molecule has 0 unspecified atom stereocenters. The minimum absolute atomic E-state index is 0.141. The maximum atomic E-state index is 12.1. The van der Waals surface area contributed by atoms with Crippen LogP contribution in [-0.4, -0.2) is 30.7 Å². The molecule has 1 aromatic heterocycles. The molecule has 5 nitrogen and oxygen atoms in total. The van der Waals surface area contributed by atoms with Crippen molar-refractivity contribution in [1.82, 2.24) is 9.88 Å². The monoisotopic (exact) mass is 300 g/mol. The molecule has 5 heteroatoms. The van der Waals surface area contributed by atoms with Crippen LogP contribution in [0.5, 0.6) is 0 Å². The number of nitrogens with zero attached hydrogens (tertiary/aromatic N) is 1. The van der Waals surface area contributed by atoms with Crippen molar-refractivity contribution in [2.45, 2.75) is 13.0 Å². The second-order valence-electron chi connectivity index (χ2n) is 4.93. The van der Waals surface area contributed by atoms with E-state index in [4.69, 9.17) is 4.74 Å². The predicted molar refractivity (Wildman–Crippen MR) is 85.1 cm³/mol. The zero-order valence-electron chi connectivity index (χ0n) is 12.6. The second-order valence-corrected chi connectivity index (χ2v) is 4.93. The van der Waals surface area contributed by atoms with E-state index in [1.54, 1.807) is 19.4 Å². The standard InChI is InChI=1S/C17H20N2O3/c1-22-12-11-19-13-15(7-8-16(19)20)17(21)18-10-9-14-5-3-2-4-6-14/h2-8,13H,9-12H2,1H3,(H,18,21). The van der Waals surface area contributed by atoms with E-state index in [0.717, 1.165) is 6.42 Å². The number of hydrogen-bond donors (Lipinski definition) is 1. The van der Waals surface area contributed by atoms with Crippen LogP contribution in [0.1, 0.15) is 15.9 Å². The van der Waals surface area contributed by atoms with Crippen LogP contribution in [0.4, 0.5) is 0 Å². The van der Waals surface area contributed by atoms with Gasteiger partial charge in [-0.05, 0) is 18.1 Å². The number of carbonyl (C=O) groups excluding carboxylic acids is 1. The Morgan fingerprint density at radius 2 is 1.95 bits per heavy atom. The molecule has 0 bridgehead atoms. The Labute approximate surface area is 129 Å². The van der Waals surface area contributed by atoms with Crippen molar-refractivity contribution in [3.05, 3.63) is 70.1 Å². The fourth-order valence-corrected chi connectivity index (χ4v) is 2.10. The van der Waals surface area contributed by atoms with Gasteiger partial charge < -0.3 is 14.6 Å². The number of methoxy groups -OCH3 is 1. The van der Waals surface area contributed by atoms with Gasteiger partial charge in [-0.2, -0.15) is 0 Å². The second kappa shape index (κ2) is 8.14. The van der Waals surface area contributed by atoms with E-state index in [1.807, 2.05) is 30.3 Å². The molecule has 2 aromatic rings. The summed E-state index contributed by atoms with van der Waals surface area (Å²) in [6.07, 6.45) is 2.34. The molecule has 0 aliphatic rings. The third kappa shape index (κ3) is 4.56. The average molecular weight is 300 g/mol. The maximum Gasteiger partial charge on any atom is 0.252 e. The number of hydrogen-bond acceptors (Lipinski definition) is 3. The van der Waals surface area contributed by atoms with Gasteiger partial charge in [-0.1, -0.05) is 30.3 Å². The smallest absolute Gasteiger partial charge is 0.252 e. The summed E-state index contributed by atoms with van der Waals surface area (Å²) in [5.41, 5.74) is 1.51. The Morgan fingerprint density at radius 1 is 1.18 bits per heavy atom. The van der Waals surface area contributed by atoms with Crippen LogP contribution < -0.4 is 10.9 Å². The lowest BCUT2D eigenvalue weighted by Gasteiger charge is -2.08. The summed E-state index contributed by atoms with van der Waals surface area (Å²) in [6.45, 7) is 1.42. The Hall–Kier alpha value is -2.40. The number of ether oxygens (including phenoxy) is 1. The van der Waals surface area contributed by atoms with Crippen LogP contribution in [0.25, 0.3) is 0 Å². The molecule has 1 aromatic carbocycles. The summed E-state index contributed by atoms with van der Waals surface area (Å²) in [4.78, 5) is 23.8. The Balaban J connectivity index is 1.93. The molecule has 0 spiro atoms. The van der Waals surface area contributed by atoms with E-state index in [-0.39, 0.29) is 11.5 Å². The minimum Gasteiger partial charge on any atom is -0.383 e. The molecule has 2 rings (SSSR count). The third-order valence-electron chi connectivity index (χ3n) is 3.32. The van der Waals surface area contributed by atoms with Crippen molar-refractivity contribution in [2.75, 3.05) is 20.3 Å². The zero-order valence-corrected chi connectivity index (χ0v) is 12.6. The lowest BCUT2D eigenvalue weighted by atomic mass is 10.1. The van der Waals surface area contributed by atoms with Gasteiger partial charge in [-0.3, -0.25) is 9.59 Å². The van der Waals surface area contributed by atoms with E-state index in [0.29, 0.717) is 25.3 Å². The average Bonchev–Trinajstić information content (AvgIpc) is 2.55. The predicted octanol–water partition coefficient (Wildman–Crippen LogP) is 1.47. The highest BCUT2D eigenvalue weighted by Crippen LogP contribution is 2.00. The molecule has 116 valence electrons. The molecule has 1 amide bonds. The van der Waals surface area contributed by atoms with Gasteiger partial charge in [-0.25, -0.2) is 0 Å². The topological polar surface area (TPSA) is 60.3 Å². The molecule has 22 heavy (non-hydrogen) atoms. The Bertz CT molecular complexity index is 665. The molecular formula is C17H20N2O3. The molecule has 0 radical (unpaired) electrons. The molecule has 0 saturated heterocycles. The SMILES string of the molecule is COCCn1cc(C(=O)NCCc2ccccc2)ccc1=O. The Morgan fingerprint density at radius 3 is 2.68 bits per heavy atom. The summed E-state index contributed by atoms with van der Waals surface area (Å²) in [5.74, 6) is -0.179. The number of benzene rings is 1. The number of amides is 1. The number of pyridine rings is 1. The van der Waals surface area contributed by atoms with Gasteiger partial charge in [0.2, 0.25) is 0 Å². The van der Waals surface area contributed by atoms with Gasteiger partial charge in [0.05, 0.1) is 12.2 Å². The fraction of sp³-hybridized carbons (Fsp3) is 0.294. The van der Waals surface area contributed by atoms with Crippen LogP contribution in [-0.2, 0) is 17.7 Å². The van der Waals surface area contributed by atoms with E-state index in [2.05, 4.69) is 5.32 Å². The summed E-state index contributed by atoms with van der Waals surface area (Å²) < 4.78 is 6.44. The molecule has 1 heterocycles. The largest absolute Gasteiger partial charge is 0.383 e. The van der Waals surface area contributed by atoms with Crippen LogP contribution in [0.2, 0.25) is 0 Å².